The number of ether oxygens (including phenoxy) is 1. The second-order valence-electron chi connectivity index (χ2n) is 1.76. The molecule has 3 nitrogen and oxygen atoms in total. The fraction of sp³-hybridized carbons (Fsp3) is 0.667. The molecular formula is C6H11NO2. The van der Waals surface area contributed by atoms with Gasteiger partial charge in [0.2, 0.25) is 0 Å². The van der Waals surface area contributed by atoms with Crippen LogP contribution in [0.25, 0.3) is 0 Å². The summed E-state index contributed by atoms with van der Waals surface area (Å²) in [4.78, 5) is 9.52. The molecule has 0 N–H and O–H groups in total. The zero-order valence-electron chi connectivity index (χ0n) is 5.59. The van der Waals surface area contributed by atoms with E-state index in [0.29, 0.717) is 25.3 Å². The Bertz CT molecular complexity index is 101. The molecule has 0 aromatic carbocycles. The van der Waals surface area contributed by atoms with Crippen LogP contribution in [0.5, 0.6) is 0 Å². The summed E-state index contributed by atoms with van der Waals surface area (Å²) in [5.74, 6) is 0.681. The summed E-state index contributed by atoms with van der Waals surface area (Å²) < 4.78 is 4.95. The second-order valence-corrected chi connectivity index (χ2v) is 1.76. The molecule has 0 heterocycles. The van der Waals surface area contributed by atoms with E-state index < -0.39 is 0 Å². The Labute approximate surface area is 54.7 Å². The number of rotatable bonds is 5. The second kappa shape index (κ2) is 5.28. The van der Waals surface area contributed by atoms with Crippen LogP contribution in [0.2, 0.25) is 0 Å². The van der Waals surface area contributed by atoms with Gasteiger partial charge in [0.15, 0.2) is 0 Å². The molecule has 0 aromatic rings. The van der Waals surface area contributed by atoms with Crippen molar-refractivity contribution >= 4 is 0 Å². The van der Waals surface area contributed by atoms with Gasteiger partial charge in [-0.1, -0.05) is 11.8 Å². The molecular weight excluding hydrogens is 118 g/mol. The third kappa shape index (κ3) is 7.14. The van der Waals surface area contributed by atoms with Gasteiger partial charge in [-0.05, 0) is 6.92 Å². The van der Waals surface area contributed by atoms with Crippen LogP contribution < -0.4 is 0 Å². The van der Waals surface area contributed by atoms with E-state index in [2.05, 4.69) is 11.8 Å². The summed E-state index contributed by atoms with van der Waals surface area (Å²) in [6.07, 6.45) is 0.677. The number of hydrogen-bond acceptors (Lipinski definition) is 3. The molecule has 52 valence electrons. The van der Waals surface area contributed by atoms with E-state index in [9.17, 15) is 4.91 Å². The van der Waals surface area contributed by atoms with Gasteiger partial charge < -0.3 is 4.74 Å². The summed E-state index contributed by atoms with van der Waals surface area (Å²) in [6.45, 7) is 6.16. The van der Waals surface area contributed by atoms with Crippen molar-refractivity contribution in [1.29, 1.82) is 0 Å². The average molecular weight is 129 g/mol. The first-order valence-corrected chi connectivity index (χ1v) is 2.85. The third-order valence-electron chi connectivity index (χ3n) is 0.742. The zero-order valence-corrected chi connectivity index (χ0v) is 5.59. The van der Waals surface area contributed by atoms with Gasteiger partial charge >= 0.3 is 0 Å². The molecule has 0 fully saturated rings. The molecule has 0 saturated carbocycles. The van der Waals surface area contributed by atoms with Crippen molar-refractivity contribution in [3.8, 4) is 0 Å². The summed E-state index contributed by atoms with van der Waals surface area (Å²) in [7, 11) is 0. The average Bonchev–Trinajstić information content (AvgIpc) is 1.80. The first-order valence-electron chi connectivity index (χ1n) is 2.85. The maximum Gasteiger partial charge on any atom is 0.0895 e. The van der Waals surface area contributed by atoms with Crippen LogP contribution in [-0.4, -0.2) is 13.2 Å². The quantitative estimate of drug-likeness (QED) is 0.322. The molecule has 0 unspecified atom stereocenters. The molecule has 0 radical (unpaired) electrons. The van der Waals surface area contributed by atoms with Gasteiger partial charge in [-0.15, -0.1) is 0 Å². The molecule has 9 heavy (non-hydrogen) atoms. The lowest BCUT2D eigenvalue weighted by atomic mass is 10.5. The monoisotopic (exact) mass is 129 g/mol. The van der Waals surface area contributed by atoms with Crippen LogP contribution in [0.3, 0.4) is 0 Å². The van der Waals surface area contributed by atoms with Gasteiger partial charge in [0.05, 0.1) is 18.9 Å². The van der Waals surface area contributed by atoms with Gasteiger partial charge in [-0.3, -0.25) is 0 Å². The minimum Gasteiger partial charge on any atom is -0.499 e. The highest BCUT2D eigenvalue weighted by Crippen LogP contribution is 1.91. The van der Waals surface area contributed by atoms with Crippen molar-refractivity contribution in [2.45, 2.75) is 13.3 Å². The highest BCUT2D eigenvalue weighted by atomic mass is 16.5. The molecule has 0 aliphatic heterocycles. The summed E-state index contributed by atoms with van der Waals surface area (Å²) in [6, 6.07) is 0. The molecule has 3 heteroatoms. The lowest BCUT2D eigenvalue weighted by Crippen LogP contribution is -1.92. The van der Waals surface area contributed by atoms with E-state index in [1.54, 1.807) is 6.92 Å². The van der Waals surface area contributed by atoms with E-state index in [4.69, 9.17) is 4.74 Å². The standard InChI is InChI=1S/C6H11NO2/c1-6(2)9-5-3-4-7-8/h1,3-5H2,2H3. The molecule has 0 aliphatic rings. The first-order chi connectivity index (χ1) is 4.27. The van der Waals surface area contributed by atoms with Crippen molar-refractivity contribution in [3.63, 3.8) is 0 Å². The van der Waals surface area contributed by atoms with Crippen molar-refractivity contribution in [2.75, 3.05) is 13.2 Å². The fourth-order valence-electron chi connectivity index (χ4n) is 0.375. The minimum absolute atomic E-state index is 0.327. The predicted molar refractivity (Wildman–Crippen MR) is 36.0 cm³/mol. The first kappa shape index (κ1) is 8.14. The molecule has 0 aliphatic carbocycles. The van der Waals surface area contributed by atoms with Crippen LogP contribution in [-0.2, 0) is 4.74 Å². The largest absolute Gasteiger partial charge is 0.499 e. The highest BCUT2D eigenvalue weighted by molar-refractivity contribution is 4.73. The zero-order chi connectivity index (χ0) is 7.11. The summed E-state index contributed by atoms with van der Waals surface area (Å²) >= 11 is 0. The van der Waals surface area contributed by atoms with E-state index in [-0.39, 0.29) is 0 Å². The summed E-state index contributed by atoms with van der Waals surface area (Å²) in [5, 5.41) is 2.67. The van der Waals surface area contributed by atoms with Crippen molar-refractivity contribution in [1.82, 2.24) is 0 Å². The van der Waals surface area contributed by atoms with E-state index in [1.807, 2.05) is 0 Å². The van der Waals surface area contributed by atoms with Gasteiger partial charge in [0, 0.05) is 6.42 Å². The molecule has 0 rings (SSSR count). The Kier molecular flexibility index (Phi) is 4.78. The molecule has 0 spiro atoms. The highest BCUT2D eigenvalue weighted by Gasteiger charge is 1.86. The Hall–Kier alpha value is -0.860. The van der Waals surface area contributed by atoms with Crippen LogP contribution >= 0.6 is 0 Å². The minimum atomic E-state index is 0.327. The van der Waals surface area contributed by atoms with Crippen molar-refractivity contribution in [2.24, 2.45) is 5.18 Å². The third-order valence-corrected chi connectivity index (χ3v) is 0.742. The van der Waals surface area contributed by atoms with Crippen LogP contribution in [0.1, 0.15) is 13.3 Å². The number of nitrogens with zero attached hydrogens (tertiary/aromatic N) is 1. The molecule has 0 bridgehead atoms. The van der Waals surface area contributed by atoms with E-state index in [0.717, 1.165) is 0 Å². The Morgan fingerprint density at radius 3 is 2.89 bits per heavy atom. The number of hydrogen-bond donors (Lipinski definition) is 0. The Balaban J connectivity index is 2.91. The molecule has 0 saturated heterocycles. The van der Waals surface area contributed by atoms with Crippen LogP contribution in [0.4, 0.5) is 0 Å². The normalized spacial score (nSPS) is 8.56. The SMILES string of the molecule is C=C(C)OCCCN=O. The summed E-state index contributed by atoms with van der Waals surface area (Å²) in [5.41, 5.74) is 0. The predicted octanol–water partition coefficient (Wildman–Crippen LogP) is 1.69. The van der Waals surface area contributed by atoms with Crippen LogP contribution in [0, 0.1) is 4.91 Å². The molecule has 0 amide bonds. The topological polar surface area (TPSA) is 38.7 Å². The fourth-order valence-corrected chi connectivity index (χ4v) is 0.375. The van der Waals surface area contributed by atoms with Crippen molar-refractivity contribution < 1.29 is 4.74 Å². The molecule has 0 aromatic heterocycles. The smallest absolute Gasteiger partial charge is 0.0895 e. The van der Waals surface area contributed by atoms with E-state index in [1.165, 1.54) is 0 Å². The van der Waals surface area contributed by atoms with Gasteiger partial charge in [-0.25, -0.2) is 0 Å². The van der Waals surface area contributed by atoms with Gasteiger partial charge in [-0.2, -0.15) is 4.91 Å². The lowest BCUT2D eigenvalue weighted by molar-refractivity contribution is 0.213. The van der Waals surface area contributed by atoms with Crippen molar-refractivity contribution in [3.05, 3.63) is 17.2 Å². The van der Waals surface area contributed by atoms with E-state index >= 15 is 0 Å². The Morgan fingerprint density at radius 1 is 1.78 bits per heavy atom. The molecule has 0 atom stereocenters. The number of nitroso groups, excluding NO2 is 1. The van der Waals surface area contributed by atoms with Crippen LogP contribution in [0.15, 0.2) is 17.5 Å². The lowest BCUT2D eigenvalue weighted by Gasteiger charge is -2.00. The number of allylic oxidation sites excluding steroid dienone is 1. The van der Waals surface area contributed by atoms with Gasteiger partial charge in [0.25, 0.3) is 0 Å². The Morgan fingerprint density at radius 2 is 2.44 bits per heavy atom. The maximum absolute atomic E-state index is 9.52. The van der Waals surface area contributed by atoms with Gasteiger partial charge in [0.1, 0.15) is 0 Å². The maximum atomic E-state index is 9.52.